The van der Waals surface area contributed by atoms with Crippen molar-refractivity contribution in [3.63, 3.8) is 0 Å². The molecule has 2 aromatic carbocycles. The summed E-state index contributed by atoms with van der Waals surface area (Å²) in [5.74, 6) is 0. The van der Waals surface area contributed by atoms with Crippen LogP contribution in [0.2, 0.25) is 0 Å². The van der Waals surface area contributed by atoms with E-state index in [2.05, 4.69) is 71.5 Å². The van der Waals surface area contributed by atoms with E-state index >= 15 is 0 Å². The second-order valence-electron chi connectivity index (χ2n) is 5.96. The van der Waals surface area contributed by atoms with Gasteiger partial charge < -0.3 is 0 Å². The molecule has 21 heavy (non-hydrogen) atoms. The van der Waals surface area contributed by atoms with Crippen LogP contribution in [0.3, 0.4) is 0 Å². The first kappa shape index (κ1) is 15.8. The summed E-state index contributed by atoms with van der Waals surface area (Å²) in [7, 11) is -0.729. The Kier molecular flexibility index (Phi) is 4.55. The van der Waals surface area contributed by atoms with Crippen molar-refractivity contribution in [1.82, 2.24) is 0 Å². The van der Waals surface area contributed by atoms with E-state index in [-0.39, 0.29) is 0 Å². The minimum Gasteiger partial charge on any atom is -0.115 e. The molecule has 0 bridgehead atoms. The molecule has 0 unspecified atom stereocenters. The molecule has 1 heteroatoms. The highest BCUT2D eigenvalue weighted by Crippen LogP contribution is 2.37. The van der Waals surface area contributed by atoms with E-state index in [0.717, 1.165) is 0 Å². The van der Waals surface area contributed by atoms with Crippen LogP contribution in [0.5, 0.6) is 0 Å². The quantitative estimate of drug-likeness (QED) is 0.562. The zero-order valence-corrected chi connectivity index (χ0v) is 14.7. The first-order valence-electron chi connectivity index (χ1n) is 7.27. The molecule has 0 radical (unpaired) electrons. The third-order valence-corrected chi connectivity index (χ3v) is 6.41. The van der Waals surface area contributed by atoms with Crippen LogP contribution in [0.1, 0.15) is 33.4 Å². The van der Waals surface area contributed by atoms with E-state index in [4.69, 9.17) is 6.42 Å². The van der Waals surface area contributed by atoms with Crippen LogP contribution in [0, 0.1) is 53.6 Å². The largest absolute Gasteiger partial charge is 0.115 e. The average Bonchev–Trinajstić information content (AvgIpc) is 2.34. The molecule has 0 fully saturated rings. The number of aryl methyl sites for hydroxylation is 6. The second kappa shape index (κ2) is 6.05. The lowest BCUT2D eigenvalue weighted by atomic mass is 10.1. The minimum atomic E-state index is -0.729. The van der Waals surface area contributed by atoms with Crippen LogP contribution >= 0.6 is 7.92 Å². The van der Waals surface area contributed by atoms with Crippen molar-refractivity contribution >= 4 is 18.5 Å². The fourth-order valence-electron chi connectivity index (χ4n) is 3.29. The van der Waals surface area contributed by atoms with Crippen molar-refractivity contribution in [3.8, 4) is 12.1 Å². The van der Waals surface area contributed by atoms with Gasteiger partial charge in [-0.05, 0) is 74.4 Å². The first-order valence-corrected chi connectivity index (χ1v) is 8.61. The number of benzene rings is 2. The maximum atomic E-state index is 5.97. The van der Waals surface area contributed by atoms with Crippen LogP contribution in [0.15, 0.2) is 24.3 Å². The van der Waals surface area contributed by atoms with E-state index in [9.17, 15) is 0 Å². The molecule has 0 aliphatic heterocycles. The SMILES string of the molecule is C#CP(c1c(C)cc(C)cc1C)c1c(C)cc(C)cc1C. The number of terminal acetylenes is 1. The van der Waals surface area contributed by atoms with Gasteiger partial charge in [-0.15, -0.1) is 6.42 Å². The zero-order valence-electron chi connectivity index (χ0n) is 13.8. The normalized spacial score (nSPS) is 10.8. The van der Waals surface area contributed by atoms with Gasteiger partial charge in [0.05, 0.1) is 0 Å². The number of hydrogen-bond acceptors (Lipinski definition) is 0. The Hall–Kier alpha value is -1.57. The Morgan fingerprint density at radius 1 is 0.667 bits per heavy atom. The fraction of sp³-hybridized carbons (Fsp3) is 0.300. The van der Waals surface area contributed by atoms with E-state index in [1.165, 1.54) is 44.0 Å². The summed E-state index contributed by atoms with van der Waals surface area (Å²) in [6, 6.07) is 8.98. The Labute approximate surface area is 130 Å². The summed E-state index contributed by atoms with van der Waals surface area (Å²) in [5.41, 5.74) is 11.0. The molecular weight excluding hydrogens is 271 g/mol. The first-order chi connectivity index (χ1) is 9.85. The third kappa shape index (κ3) is 3.04. The van der Waals surface area contributed by atoms with E-state index in [1.54, 1.807) is 0 Å². The third-order valence-electron chi connectivity index (χ3n) is 3.85. The maximum absolute atomic E-state index is 5.97. The van der Waals surface area contributed by atoms with Crippen molar-refractivity contribution in [2.24, 2.45) is 0 Å². The molecule has 2 aromatic rings. The van der Waals surface area contributed by atoms with Crippen LogP contribution in [-0.2, 0) is 0 Å². The highest BCUT2D eigenvalue weighted by Gasteiger charge is 2.20. The van der Waals surface area contributed by atoms with Gasteiger partial charge >= 0.3 is 0 Å². The second-order valence-corrected chi connectivity index (χ2v) is 7.78. The number of rotatable bonds is 2. The summed E-state index contributed by atoms with van der Waals surface area (Å²) in [6.07, 6.45) is 5.97. The Morgan fingerprint density at radius 3 is 1.19 bits per heavy atom. The lowest BCUT2D eigenvalue weighted by Crippen LogP contribution is -2.20. The molecule has 0 heterocycles. The van der Waals surface area contributed by atoms with Gasteiger partial charge in [0.25, 0.3) is 0 Å². The topological polar surface area (TPSA) is 0 Å². The highest BCUT2D eigenvalue weighted by atomic mass is 31.1. The molecule has 0 N–H and O–H groups in total. The Balaban J connectivity index is 2.70. The maximum Gasteiger partial charge on any atom is 0.0352 e. The fourth-order valence-corrected chi connectivity index (χ4v) is 5.44. The van der Waals surface area contributed by atoms with Crippen molar-refractivity contribution < 1.29 is 0 Å². The van der Waals surface area contributed by atoms with Gasteiger partial charge in [0.2, 0.25) is 0 Å². The zero-order chi connectivity index (χ0) is 15.7. The molecule has 0 aromatic heterocycles. The molecule has 0 nitrogen and oxygen atoms in total. The predicted molar refractivity (Wildman–Crippen MR) is 96.3 cm³/mol. The van der Waals surface area contributed by atoms with Crippen LogP contribution in [-0.4, -0.2) is 0 Å². The summed E-state index contributed by atoms with van der Waals surface area (Å²) in [4.78, 5) is 0. The van der Waals surface area contributed by atoms with Gasteiger partial charge in [-0.25, -0.2) is 0 Å². The van der Waals surface area contributed by atoms with Gasteiger partial charge in [-0.3, -0.25) is 0 Å². The highest BCUT2D eigenvalue weighted by molar-refractivity contribution is 7.77. The van der Waals surface area contributed by atoms with Gasteiger partial charge in [-0.2, -0.15) is 0 Å². The molecule has 2 rings (SSSR count). The van der Waals surface area contributed by atoms with Crippen molar-refractivity contribution in [2.45, 2.75) is 41.5 Å². The van der Waals surface area contributed by atoms with E-state index < -0.39 is 7.92 Å². The Morgan fingerprint density at radius 2 is 0.952 bits per heavy atom. The standard InChI is InChI=1S/C20H23P/c1-8-21(19-15(4)9-13(2)10-16(19)5)20-17(6)11-14(3)12-18(20)7/h1,9-12H,2-7H3. The summed E-state index contributed by atoms with van der Waals surface area (Å²) < 4.78 is 0. The molecule has 0 atom stereocenters. The van der Waals surface area contributed by atoms with Crippen LogP contribution in [0.25, 0.3) is 0 Å². The lowest BCUT2D eigenvalue weighted by Gasteiger charge is -2.22. The molecule has 0 spiro atoms. The van der Waals surface area contributed by atoms with Crippen molar-refractivity contribution in [3.05, 3.63) is 57.6 Å². The van der Waals surface area contributed by atoms with Crippen molar-refractivity contribution in [1.29, 1.82) is 0 Å². The molecule has 0 saturated carbocycles. The molecular formula is C20H23P. The van der Waals surface area contributed by atoms with Gasteiger partial charge in [0.1, 0.15) is 0 Å². The summed E-state index contributed by atoms with van der Waals surface area (Å²) >= 11 is 0. The van der Waals surface area contributed by atoms with Crippen molar-refractivity contribution in [2.75, 3.05) is 0 Å². The monoisotopic (exact) mass is 294 g/mol. The van der Waals surface area contributed by atoms with Gasteiger partial charge in [0, 0.05) is 7.92 Å². The van der Waals surface area contributed by atoms with E-state index in [0.29, 0.717) is 0 Å². The smallest absolute Gasteiger partial charge is 0.0352 e. The summed E-state index contributed by atoms with van der Waals surface area (Å²) in [5, 5.41) is 2.71. The summed E-state index contributed by atoms with van der Waals surface area (Å²) in [6.45, 7) is 13.0. The van der Waals surface area contributed by atoms with E-state index in [1.807, 2.05) is 0 Å². The van der Waals surface area contributed by atoms with Crippen LogP contribution in [0.4, 0.5) is 0 Å². The predicted octanol–water partition coefficient (Wildman–Crippen LogP) is 4.56. The molecule has 0 aliphatic carbocycles. The molecule has 0 saturated heterocycles. The molecule has 108 valence electrons. The lowest BCUT2D eigenvalue weighted by molar-refractivity contribution is 1.35. The van der Waals surface area contributed by atoms with Crippen LogP contribution < -0.4 is 10.6 Å². The Bertz CT molecular complexity index is 628. The molecule has 0 aliphatic rings. The minimum absolute atomic E-state index is 0.729. The number of hydrogen-bond donors (Lipinski definition) is 0. The average molecular weight is 294 g/mol. The van der Waals surface area contributed by atoms with Gasteiger partial charge in [0.15, 0.2) is 0 Å². The van der Waals surface area contributed by atoms with Gasteiger partial charge in [-0.1, -0.05) is 41.1 Å². The molecule has 0 amide bonds.